The zero-order valence-corrected chi connectivity index (χ0v) is 14.0. The van der Waals surface area contributed by atoms with Gasteiger partial charge in [0.05, 0.1) is 0 Å². The second-order valence-electron chi connectivity index (χ2n) is 7.05. The Bertz CT molecular complexity index is 388. The summed E-state index contributed by atoms with van der Waals surface area (Å²) in [5, 5.41) is 3.67. The first-order valence-electron chi connectivity index (χ1n) is 8.66. The zero-order chi connectivity index (χ0) is 15.1. The van der Waals surface area contributed by atoms with Crippen molar-refractivity contribution in [2.75, 3.05) is 26.2 Å². The third-order valence-electron chi connectivity index (χ3n) is 4.57. The van der Waals surface area contributed by atoms with Crippen LogP contribution in [0.3, 0.4) is 0 Å². The van der Waals surface area contributed by atoms with Crippen LogP contribution in [-0.2, 0) is 0 Å². The summed E-state index contributed by atoms with van der Waals surface area (Å²) < 4.78 is 0. The summed E-state index contributed by atoms with van der Waals surface area (Å²) in [6.45, 7) is 11.6. The van der Waals surface area contributed by atoms with E-state index in [2.05, 4.69) is 61.3 Å². The summed E-state index contributed by atoms with van der Waals surface area (Å²) in [6.07, 6.45) is 4.07. The van der Waals surface area contributed by atoms with Crippen LogP contribution in [0.2, 0.25) is 0 Å². The third kappa shape index (κ3) is 5.44. The summed E-state index contributed by atoms with van der Waals surface area (Å²) in [7, 11) is 0. The Balaban J connectivity index is 2.03. The van der Waals surface area contributed by atoms with Gasteiger partial charge in [-0.3, -0.25) is 4.90 Å². The van der Waals surface area contributed by atoms with Crippen LogP contribution in [0.5, 0.6) is 0 Å². The fraction of sp³-hybridized carbons (Fsp3) is 0.684. The normalized spacial score (nSPS) is 22.2. The Labute approximate surface area is 130 Å². The molecular formula is C19H32N2. The summed E-state index contributed by atoms with van der Waals surface area (Å²) in [4.78, 5) is 2.70. The van der Waals surface area contributed by atoms with Gasteiger partial charge in [-0.2, -0.15) is 0 Å². The number of benzene rings is 1. The van der Waals surface area contributed by atoms with Gasteiger partial charge in [-0.1, -0.05) is 51.1 Å². The van der Waals surface area contributed by atoms with Gasteiger partial charge >= 0.3 is 0 Å². The van der Waals surface area contributed by atoms with E-state index in [0.717, 1.165) is 19.0 Å². The molecule has 21 heavy (non-hydrogen) atoms. The fourth-order valence-corrected chi connectivity index (χ4v) is 3.24. The first-order valence-corrected chi connectivity index (χ1v) is 8.66. The van der Waals surface area contributed by atoms with Crippen molar-refractivity contribution in [2.45, 2.75) is 46.1 Å². The molecule has 0 bridgehead atoms. The van der Waals surface area contributed by atoms with E-state index in [0.29, 0.717) is 12.0 Å². The molecule has 1 aliphatic rings. The highest BCUT2D eigenvalue weighted by atomic mass is 15.2. The van der Waals surface area contributed by atoms with E-state index < -0.39 is 0 Å². The van der Waals surface area contributed by atoms with Crippen LogP contribution < -0.4 is 5.32 Å². The van der Waals surface area contributed by atoms with E-state index in [-0.39, 0.29) is 0 Å². The van der Waals surface area contributed by atoms with Crippen molar-refractivity contribution < 1.29 is 0 Å². The van der Waals surface area contributed by atoms with Gasteiger partial charge in [0.2, 0.25) is 0 Å². The first kappa shape index (κ1) is 16.5. The van der Waals surface area contributed by atoms with Gasteiger partial charge in [0.1, 0.15) is 0 Å². The van der Waals surface area contributed by atoms with Crippen molar-refractivity contribution in [3.05, 3.63) is 35.9 Å². The molecule has 0 saturated carbocycles. The molecular weight excluding hydrogens is 256 g/mol. The number of nitrogens with one attached hydrogen (secondary N) is 1. The second kappa shape index (κ2) is 8.55. The van der Waals surface area contributed by atoms with Crippen molar-refractivity contribution in [3.63, 3.8) is 0 Å². The second-order valence-corrected chi connectivity index (χ2v) is 7.05. The molecule has 1 heterocycles. The van der Waals surface area contributed by atoms with Gasteiger partial charge < -0.3 is 5.32 Å². The molecule has 2 nitrogen and oxygen atoms in total. The lowest BCUT2D eigenvalue weighted by Crippen LogP contribution is -2.37. The van der Waals surface area contributed by atoms with Crippen molar-refractivity contribution >= 4 is 0 Å². The van der Waals surface area contributed by atoms with E-state index in [1.807, 2.05) is 0 Å². The molecule has 1 fully saturated rings. The molecule has 2 unspecified atom stereocenters. The summed E-state index contributed by atoms with van der Waals surface area (Å²) >= 11 is 0. The van der Waals surface area contributed by atoms with Gasteiger partial charge in [0.15, 0.2) is 0 Å². The predicted molar refractivity (Wildman–Crippen MR) is 91.5 cm³/mol. The van der Waals surface area contributed by atoms with Crippen molar-refractivity contribution in [1.29, 1.82) is 0 Å². The highest BCUT2D eigenvalue weighted by Gasteiger charge is 2.22. The zero-order valence-electron chi connectivity index (χ0n) is 14.0. The van der Waals surface area contributed by atoms with E-state index in [9.17, 15) is 0 Å². The van der Waals surface area contributed by atoms with E-state index in [1.165, 1.54) is 37.9 Å². The maximum absolute atomic E-state index is 3.67. The fourth-order valence-electron chi connectivity index (χ4n) is 3.24. The molecule has 1 aromatic rings. The lowest BCUT2D eigenvalue weighted by molar-refractivity contribution is 0.197. The van der Waals surface area contributed by atoms with Crippen LogP contribution >= 0.6 is 0 Å². The highest BCUT2D eigenvalue weighted by Crippen LogP contribution is 2.25. The topological polar surface area (TPSA) is 15.3 Å². The average molecular weight is 288 g/mol. The molecule has 2 heteroatoms. The molecule has 1 saturated heterocycles. The maximum atomic E-state index is 3.67. The third-order valence-corrected chi connectivity index (χ3v) is 4.57. The quantitative estimate of drug-likeness (QED) is 0.848. The standard InChI is InChI=1S/C19H32N2/c1-16(2)14-20-15-19(18-9-5-4-6-10-18)21-12-7-8-17(3)11-13-21/h4-6,9-10,16-17,19-20H,7-8,11-15H2,1-3H3. The Morgan fingerprint density at radius 2 is 1.86 bits per heavy atom. The van der Waals surface area contributed by atoms with Crippen molar-refractivity contribution in [1.82, 2.24) is 10.2 Å². The van der Waals surface area contributed by atoms with Crippen molar-refractivity contribution in [2.24, 2.45) is 11.8 Å². The predicted octanol–water partition coefficient (Wildman–Crippen LogP) is 4.10. The highest BCUT2D eigenvalue weighted by molar-refractivity contribution is 5.19. The number of hydrogen-bond donors (Lipinski definition) is 1. The van der Waals surface area contributed by atoms with E-state index in [4.69, 9.17) is 0 Å². The molecule has 0 aliphatic carbocycles. The van der Waals surface area contributed by atoms with E-state index >= 15 is 0 Å². The SMILES string of the molecule is CC(C)CNCC(c1ccccc1)N1CCCC(C)CC1. The average Bonchev–Trinajstić information content (AvgIpc) is 2.69. The van der Waals surface area contributed by atoms with Crippen LogP contribution in [0.15, 0.2) is 30.3 Å². The van der Waals surface area contributed by atoms with Crippen LogP contribution in [0.4, 0.5) is 0 Å². The van der Waals surface area contributed by atoms with Gasteiger partial charge in [0, 0.05) is 12.6 Å². The molecule has 0 amide bonds. The first-order chi connectivity index (χ1) is 10.2. The minimum atomic E-state index is 0.523. The Morgan fingerprint density at radius 3 is 2.57 bits per heavy atom. The van der Waals surface area contributed by atoms with Gasteiger partial charge in [-0.25, -0.2) is 0 Å². The molecule has 118 valence electrons. The monoisotopic (exact) mass is 288 g/mol. The number of hydrogen-bond acceptors (Lipinski definition) is 2. The Morgan fingerprint density at radius 1 is 1.10 bits per heavy atom. The van der Waals surface area contributed by atoms with Gasteiger partial charge in [-0.05, 0) is 56.3 Å². The number of nitrogens with zero attached hydrogens (tertiary/aromatic N) is 1. The van der Waals surface area contributed by atoms with E-state index in [1.54, 1.807) is 0 Å². The minimum Gasteiger partial charge on any atom is -0.315 e. The molecule has 0 spiro atoms. The maximum Gasteiger partial charge on any atom is 0.0472 e. The van der Waals surface area contributed by atoms with Crippen LogP contribution in [0.1, 0.15) is 51.6 Å². The van der Waals surface area contributed by atoms with Crippen LogP contribution in [0.25, 0.3) is 0 Å². The molecule has 0 radical (unpaired) electrons. The van der Waals surface area contributed by atoms with Crippen LogP contribution in [0, 0.1) is 11.8 Å². The molecule has 1 aliphatic heterocycles. The smallest absolute Gasteiger partial charge is 0.0472 e. The largest absolute Gasteiger partial charge is 0.315 e. The summed E-state index contributed by atoms with van der Waals surface area (Å²) in [6, 6.07) is 11.6. The van der Waals surface area contributed by atoms with Gasteiger partial charge in [-0.15, -0.1) is 0 Å². The van der Waals surface area contributed by atoms with Gasteiger partial charge in [0.25, 0.3) is 0 Å². The Hall–Kier alpha value is -0.860. The van der Waals surface area contributed by atoms with Crippen LogP contribution in [-0.4, -0.2) is 31.1 Å². The van der Waals surface area contributed by atoms with Crippen molar-refractivity contribution in [3.8, 4) is 0 Å². The minimum absolute atomic E-state index is 0.523. The lowest BCUT2D eigenvalue weighted by atomic mass is 10.0. The Kier molecular flexibility index (Phi) is 6.72. The molecule has 2 rings (SSSR count). The number of likely N-dealkylation sites (tertiary alicyclic amines) is 1. The lowest BCUT2D eigenvalue weighted by Gasteiger charge is -2.31. The summed E-state index contributed by atoms with van der Waals surface area (Å²) in [5.41, 5.74) is 1.46. The molecule has 2 atom stereocenters. The summed E-state index contributed by atoms with van der Waals surface area (Å²) in [5.74, 6) is 1.60. The molecule has 1 aromatic carbocycles. The number of rotatable bonds is 6. The molecule has 0 aromatic heterocycles. The molecule has 1 N–H and O–H groups in total.